The molecule has 0 spiro atoms. The maximum Gasteiger partial charge on any atom is 0.345 e. The first-order valence-corrected chi connectivity index (χ1v) is 14.5. The van der Waals surface area contributed by atoms with E-state index in [9.17, 15) is 18.0 Å². The number of amides is 1. The van der Waals surface area contributed by atoms with Crippen LogP contribution in [0.3, 0.4) is 0 Å². The number of thiazole rings is 1. The smallest absolute Gasteiger partial charge is 0.345 e. The lowest BCUT2D eigenvalue weighted by atomic mass is 10.1. The topological polar surface area (TPSA) is 110 Å². The summed E-state index contributed by atoms with van der Waals surface area (Å²) in [5.41, 5.74) is 1.81. The second kappa shape index (κ2) is 10.9. The molecule has 1 N–H and O–H groups in total. The summed E-state index contributed by atoms with van der Waals surface area (Å²) in [6, 6.07) is 23.8. The standard InChI is InChI=1S/C29H25N3O5S2/c1-19(2)32(17-20-8-4-3-5-9-20)39(35,36)23-14-12-21(13-15-23)27(33)31-29-30-25(18-38-29)24-16-22-10-6-7-11-26(22)37-28(24)34/h3-16,18-19H,17H2,1-2H3,(H,30,31,33). The zero-order valence-electron chi connectivity index (χ0n) is 21.2. The molecule has 0 aliphatic heterocycles. The van der Waals surface area contributed by atoms with Crippen molar-refractivity contribution in [1.82, 2.24) is 9.29 Å². The Bertz CT molecular complexity index is 1790. The van der Waals surface area contributed by atoms with E-state index in [2.05, 4.69) is 10.3 Å². The minimum Gasteiger partial charge on any atom is -0.422 e. The molecule has 3 aromatic carbocycles. The van der Waals surface area contributed by atoms with Gasteiger partial charge in [-0.15, -0.1) is 11.3 Å². The van der Waals surface area contributed by atoms with Gasteiger partial charge in [0, 0.05) is 28.9 Å². The summed E-state index contributed by atoms with van der Waals surface area (Å²) in [4.78, 5) is 29.8. The summed E-state index contributed by atoms with van der Waals surface area (Å²) in [5.74, 6) is -0.449. The molecule has 0 radical (unpaired) electrons. The van der Waals surface area contributed by atoms with E-state index >= 15 is 0 Å². The van der Waals surface area contributed by atoms with Crippen LogP contribution in [0.25, 0.3) is 22.2 Å². The number of fused-ring (bicyclic) bond motifs is 1. The summed E-state index contributed by atoms with van der Waals surface area (Å²) in [7, 11) is -3.79. The van der Waals surface area contributed by atoms with Crippen LogP contribution in [0, 0.1) is 0 Å². The van der Waals surface area contributed by atoms with Gasteiger partial charge in [0.2, 0.25) is 10.0 Å². The van der Waals surface area contributed by atoms with Gasteiger partial charge < -0.3 is 4.42 Å². The van der Waals surface area contributed by atoms with Crippen LogP contribution < -0.4 is 10.9 Å². The highest BCUT2D eigenvalue weighted by molar-refractivity contribution is 7.89. The van der Waals surface area contributed by atoms with Crippen LogP contribution >= 0.6 is 11.3 Å². The first-order chi connectivity index (χ1) is 18.7. The highest BCUT2D eigenvalue weighted by Gasteiger charge is 2.27. The zero-order chi connectivity index (χ0) is 27.6. The third kappa shape index (κ3) is 5.68. The number of carbonyl (C=O) groups is 1. The number of anilines is 1. The summed E-state index contributed by atoms with van der Waals surface area (Å²) in [6.07, 6.45) is 0. The van der Waals surface area contributed by atoms with Crippen LogP contribution in [0.4, 0.5) is 5.13 Å². The van der Waals surface area contributed by atoms with Crippen molar-refractivity contribution in [1.29, 1.82) is 0 Å². The van der Waals surface area contributed by atoms with Gasteiger partial charge in [-0.1, -0.05) is 48.5 Å². The molecule has 198 valence electrons. The molecule has 0 aliphatic rings. The second-order valence-electron chi connectivity index (χ2n) is 9.13. The fourth-order valence-electron chi connectivity index (χ4n) is 4.09. The third-order valence-electron chi connectivity index (χ3n) is 6.12. The molecule has 1 amide bonds. The van der Waals surface area contributed by atoms with Crippen LogP contribution in [0.5, 0.6) is 0 Å². The molecule has 5 aromatic rings. The van der Waals surface area contributed by atoms with E-state index in [1.165, 1.54) is 39.9 Å². The van der Waals surface area contributed by atoms with Gasteiger partial charge in [0.25, 0.3) is 5.91 Å². The van der Waals surface area contributed by atoms with E-state index in [4.69, 9.17) is 4.42 Å². The average Bonchev–Trinajstić information content (AvgIpc) is 3.39. The van der Waals surface area contributed by atoms with Gasteiger partial charge in [-0.25, -0.2) is 18.2 Å². The Morgan fingerprint density at radius 1 is 1.00 bits per heavy atom. The Morgan fingerprint density at radius 3 is 2.41 bits per heavy atom. The maximum atomic E-state index is 13.4. The molecule has 0 atom stereocenters. The van der Waals surface area contributed by atoms with E-state index in [0.29, 0.717) is 22.0 Å². The number of nitrogens with zero attached hydrogens (tertiary/aromatic N) is 2. The normalized spacial score (nSPS) is 11.8. The molecule has 0 fully saturated rings. The second-order valence-corrected chi connectivity index (χ2v) is 11.9. The van der Waals surface area contributed by atoms with Crippen LogP contribution in [0.2, 0.25) is 0 Å². The fourth-order valence-corrected chi connectivity index (χ4v) is 6.42. The van der Waals surface area contributed by atoms with Crippen molar-refractivity contribution in [3.05, 3.63) is 112 Å². The Labute approximate surface area is 229 Å². The number of hydrogen-bond acceptors (Lipinski definition) is 7. The quantitative estimate of drug-likeness (QED) is 0.242. The first kappa shape index (κ1) is 26.5. The number of benzene rings is 3. The van der Waals surface area contributed by atoms with Gasteiger partial charge in [-0.2, -0.15) is 4.31 Å². The van der Waals surface area contributed by atoms with Crippen molar-refractivity contribution in [2.45, 2.75) is 31.3 Å². The van der Waals surface area contributed by atoms with Crippen molar-refractivity contribution in [3.63, 3.8) is 0 Å². The van der Waals surface area contributed by atoms with Gasteiger partial charge in [0.1, 0.15) is 5.58 Å². The molecular weight excluding hydrogens is 534 g/mol. The number of para-hydroxylation sites is 1. The Morgan fingerprint density at radius 2 is 1.69 bits per heavy atom. The molecule has 8 nitrogen and oxygen atoms in total. The molecule has 0 saturated heterocycles. The van der Waals surface area contributed by atoms with E-state index in [1.54, 1.807) is 23.6 Å². The van der Waals surface area contributed by atoms with Crippen molar-refractivity contribution >= 4 is 43.4 Å². The lowest BCUT2D eigenvalue weighted by Gasteiger charge is -2.26. The SMILES string of the molecule is CC(C)N(Cc1ccccc1)S(=O)(=O)c1ccc(C(=O)Nc2nc(-c3cc4ccccc4oc3=O)cs2)cc1. The highest BCUT2D eigenvalue weighted by Crippen LogP contribution is 2.26. The molecule has 0 saturated carbocycles. The van der Waals surface area contributed by atoms with Crippen LogP contribution in [-0.4, -0.2) is 29.7 Å². The van der Waals surface area contributed by atoms with Crippen molar-refractivity contribution in [3.8, 4) is 11.3 Å². The summed E-state index contributed by atoms with van der Waals surface area (Å²) >= 11 is 1.17. The van der Waals surface area contributed by atoms with Crippen molar-refractivity contribution in [2.24, 2.45) is 0 Å². The number of hydrogen-bond donors (Lipinski definition) is 1. The Balaban J connectivity index is 1.32. The van der Waals surface area contributed by atoms with E-state index in [-0.39, 0.29) is 23.0 Å². The number of nitrogens with one attached hydrogen (secondary N) is 1. The molecule has 0 bridgehead atoms. The van der Waals surface area contributed by atoms with Gasteiger partial charge in [-0.05, 0) is 55.8 Å². The minimum atomic E-state index is -3.79. The fraction of sp³-hybridized carbons (Fsp3) is 0.138. The Kier molecular flexibility index (Phi) is 7.42. The largest absolute Gasteiger partial charge is 0.422 e. The van der Waals surface area contributed by atoms with Gasteiger partial charge in [0.15, 0.2) is 5.13 Å². The predicted molar refractivity (Wildman–Crippen MR) is 152 cm³/mol. The molecule has 10 heteroatoms. The summed E-state index contributed by atoms with van der Waals surface area (Å²) in [5, 5.41) is 5.44. The number of rotatable bonds is 8. The van der Waals surface area contributed by atoms with Crippen LogP contribution in [-0.2, 0) is 16.6 Å². The number of sulfonamides is 1. The van der Waals surface area contributed by atoms with Gasteiger partial charge >= 0.3 is 5.63 Å². The summed E-state index contributed by atoms with van der Waals surface area (Å²) < 4.78 is 33.6. The lowest BCUT2D eigenvalue weighted by molar-refractivity contribution is 0.102. The summed E-state index contributed by atoms with van der Waals surface area (Å²) in [6.45, 7) is 3.89. The van der Waals surface area contributed by atoms with Crippen molar-refractivity contribution < 1.29 is 17.6 Å². The minimum absolute atomic E-state index is 0.100. The number of carbonyl (C=O) groups excluding carboxylic acids is 1. The van der Waals surface area contributed by atoms with Crippen LogP contribution in [0.15, 0.2) is 104 Å². The molecule has 0 aliphatic carbocycles. The molecule has 2 aromatic heterocycles. The molecule has 0 unspecified atom stereocenters. The van der Waals surface area contributed by atoms with E-state index in [1.807, 2.05) is 56.3 Å². The highest BCUT2D eigenvalue weighted by atomic mass is 32.2. The van der Waals surface area contributed by atoms with E-state index < -0.39 is 21.6 Å². The van der Waals surface area contributed by atoms with Gasteiger partial charge in [0.05, 0.1) is 16.2 Å². The van der Waals surface area contributed by atoms with E-state index in [0.717, 1.165) is 10.9 Å². The molecular formula is C29H25N3O5S2. The lowest BCUT2D eigenvalue weighted by Crippen LogP contribution is -2.36. The first-order valence-electron chi connectivity index (χ1n) is 12.2. The third-order valence-corrected chi connectivity index (χ3v) is 8.92. The zero-order valence-corrected chi connectivity index (χ0v) is 22.8. The number of aromatic nitrogens is 1. The molecule has 5 rings (SSSR count). The monoisotopic (exact) mass is 559 g/mol. The Hall–Kier alpha value is -4.12. The molecule has 2 heterocycles. The predicted octanol–water partition coefficient (Wildman–Crippen LogP) is 5.77. The average molecular weight is 560 g/mol. The maximum absolute atomic E-state index is 13.4. The van der Waals surface area contributed by atoms with Crippen molar-refractivity contribution in [2.75, 3.05) is 5.32 Å². The molecule has 39 heavy (non-hydrogen) atoms. The van der Waals surface area contributed by atoms with Gasteiger partial charge in [-0.3, -0.25) is 10.1 Å². The van der Waals surface area contributed by atoms with Crippen LogP contribution in [0.1, 0.15) is 29.8 Å².